The first-order valence-corrected chi connectivity index (χ1v) is 6.09. The molecule has 16 heavy (non-hydrogen) atoms. The number of nitrogens with one attached hydrogen (secondary N) is 1. The fourth-order valence-electron chi connectivity index (χ4n) is 2.32. The van der Waals surface area contributed by atoms with E-state index in [4.69, 9.17) is 10.5 Å². The molecule has 2 heterocycles. The van der Waals surface area contributed by atoms with Gasteiger partial charge in [0, 0.05) is 38.4 Å². The first-order valence-electron chi connectivity index (χ1n) is 6.09. The van der Waals surface area contributed by atoms with E-state index in [1.54, 1.807) is 0 Å². The molecule has 5 heteroatoms. The smallest absolute Gasteiger partial charge is 0.234 e. The van der Waals surface area contributed by atoms with E-state index < -0.39 is 0 Å². The van der Waals surface area contributed by atoms with Crippen molar-refractivity contribution in [3.63, 3.8) is 0 Å². The van der Waals surface area contributed by atoms with E-state index >= 15 is 0 Å². The first-order chi connectivity index (χ1) is 7.74. The summed E-state index contributed by atoms with van der Waals surface area (Å²) in [6.45, 7) is 3.81. The third-order valence-corrected chi connectivity index (χ3v) is 3.26. The molecular formula is C11H21N3O2. The second kappa shape index (κ2) is 5.61. The maximum atomic E-state index is 11.7. The summed E-state index contributed by atoms with van der Waals surface area (Å²) in [6, 6.07) is 0.549. The number of ether oxygens (including phenoxy) is 1. The molecule has 3 N–H and O–H groups in total. The number of carbonyl (C=O) groups excluding carboxylic acids is 1. The van der Waals surface area contributed by atoms with Crippen LogP contribution in [0.1, 0.15) is 19.3 Å². The third kappa shape index (κ3) is 3.43. The Hall–Kier alpha value is -0.650. The predicted molar refractivity (Wildman–Crippen MR) is 61.0 cm³/mol. The van der Waals surface area contributed by atoms with Gasteiger partial charge in [-0.2, -0.15) is 0 Å². The largest absolute Gasteiger partial charge is 0.381 e. The van der Waals surface area contributed by atoms with Gasteiger partial charge in [-0.3, -0.25) is 9.69 Å². The lowest BCUT2D eigenvalue weighted by molar-refractivity contribution is -0.123. The minimum atomic E-state index is 0.126. The molecule has 1 amide bonds. The number of rotatable bonds is 3. The van der Waals surface area contributed by atoms with Gasteiger partial charge in [-0.05, 0) is 19.3 Å². The van der Waals surface area contributed by atoms with Crippen molar-refractivity contribution in [2.75, 3.05) is 32.8 Å². The monoisotopic (exact) mass is 227 g/mol. The molecule has 0 aromatic rings. The zero-order valence-electron chi connectivity index (χ0n) is 9.65. The molecule has 0 unspecified atom stereocenters. The van der Waals surface area contributed by atoms with Gasteiger partial charge in [0.15, 0.2) is 0 Å². The highest BCUT2D eigenvalue weighted by atomic mass is 16.5. The van der Waals surface area contributed by atoms with E-state index in [2.05, 4.69) is 10.2 Å². The predicted octanol–water partition coefficient (Wildman–Crippen LogP) is -0.685. The summed E-state index contributed by atoms with van der Waals surface area (Å²) in [5.74, 6) is 0.126. The van der Waals surface area contributed by atoms with Crippen molar-refractivity contribution in [1.29, 1.82) is 0 Å². The van der Waals surface area contributed by atoms with Gasteiger partial charge in [-0.1, -0.05) is 0 Å². The van der Waals surface area contributed by atoms with Crippen LogP contribution in [0.15, 0.2) is 0 Å². The highest BCUT2D eigenvalue weighted by molar-refractivity contribution is 5.78. The summed E-state index contributed by atoms with van der Waals surface area (Å²) in [4.78, 5) is 13.9. The first kappa shape index (κ1) is 11.8. The Morgan fingerprint density at radius 3 is 2.75 bits per heavy atom. The van der Waals surface area contributed by atoms with Crippen molar-refractivity contribution >= 4 is 5.91 Å². The Labute approximate surface area is 96.3 Å². The standard InChI is InChI=1S/C11H21N3O2/c12-9-1-4-14(7-9)8-11(15)13-10-2-5-16-6-3-10/h9-10H,1-8,12H2,(H,13,15)/t9-/m1/s1. The average Bonchev–Trinajstić information content (AvgIpc) is 2.65. The molecule has 0 saturated carbocycles. The summed E-state index contributed by atoms with van der Waals surface area (Å²) >= 11 is 0. The molecule has 0 bridgehead atoms. The van der Waals surface area contributed by atoms with Crippen molar-refractivity contribution in [3.05, 3.63) is 0 Å². The van der Waals surface area contributed by atoms with Crippen LogP contribution in [0.5, 0.6) is 0 Å². The zero-order chi connectivity index (χ0) is 11.4. The minimum absolute atomic E-state index is 0.126. The lowest BCUT2D eigenvalue weighted by Gasteiger charge is -2.24. The highest BCUT2D eigenvalue weighted by Crippen LogP contribution is 2.08. The van der Waals surface area contributed by atoms with Crippen LogP contribution in [0.25, 0.3) is 0 Å². The lowest BCUT2D eigenvalue weighted by Crippen LogP contribution is -2.44. The Balaban J connectivity index is 1.67. The van der Waals surface area contributed by atoms with Crippen LogP contribution in [-0.2, 0) is 9.53 Å². The third-order valence-electron chi connectivity index (χ3n) is 3.26. The number of carbonyl (C=O) groups is 1. The van der Waals surface area contributed by atoms with Gasteiger partial charge in [0.2, 0.25) is 5.91 Å². The van der Waals surface area contributed by atoms with E-state index in [9.17, 15) is 4.79 Å². The van der Waals surface area contributed by atoms with Crippen LogP contribution in [-0.4, -0.2) is 55.7 Å². The molecule has 92 valence electrons. The number of hydrogen-bond acceptors (Lipinski definition) is 4. The fourth-order valence-corrected chi connectivity index (χ4v) is 2.32. The van der Waals surface area contributed by atoms with Crippen molar-refractivity contribution in [2.24, 2.45) is 5.73 Å². The van der Waals surface area contributed by atoms with Gasteiger partial charge in [-0.15, -0.1) is 0 Å². The maximum Gasteiger partial charge on any atom is 0.234 e. The zero-order valence-corrected chi connectivity index (χ0v) is 9.65. The Morgan fingerprint density at radius 2 is 2.12 bits per heavy atom. The second-order valence-corrected chi connectivity index (χ2v) is 4.74. The minimum Gasteiger partial charge on any atom is -0.381 e. The van der Waals surface area contributed by atoms with E-state index in [0.29, 0.717) is 12.6 Å². The summed E-state index contributed by atoms with van der Waals surface area (Å²) < 4.78 is 5.25. The topological polar surface area (TPSA) is 67.6 Å². The summed E-state index contributed by atoms with van der Waals surface area (Å²) in [6.07, 6.45) is 2.88. The molecule has 1 atom stereocenters. The van der Waals surface area contributed by atoms with Gasteiger partial charge >= 0.3 is 0 Å². The Bertz CT molecular complexity index is 233. The van der Waals surface area contributed by atoms with Crippen molar-refractivity contribution in [1.82, 2.24) is 10.2 Å². The van der Waals surface area contributed by atoms with Gasteiger partial charge in [0.1, 0.15) is 0 Å². The van der Waals surface area contributed by atoms with Crippen LogP contribution >= 0.6 is 0 Å². The summed E-state index contributed by atoms with van der Waals surface area (Å²) in [5, 5.41) is 3.06. The van der Waals surface area contributed by atoms with Gasteiger partial charge in [0.05, 0.1) is 6.54 Å². The van der Waals surface area contributed by atoms with Crippen molar-refractivity contribution in [3.8, 4) is 0 Å². The molecule has 0 radical (unpaired) electrons. The van der Waals surface area contributed by atoms with E-state index in [0.717, 1.165) is 45.6 Å². The van der Waals surface area contributed by atoms with Crippen molar-refractivity contribution in [2.45, 2.75) is 31.3 Å². The lowest BCUT2D eigenvalue weighted by atomic mass is 10.1. The van der Waals surface area contributed by atoms with Crippen LogP contribution in [0.4, 0.5) is 0 Å². The number of likely N-dealkylation sites (tertiary alicyclic amines) is 1. The molecule has 2 aliphatic rings. The number of hydrogen-bond donors (Lipinski definition) is 2. The van der Waals surface area contributed by atoms with Gasteiger partial charge < -0.3 is 15.8 Å². The highest BCUT2D eigenvalue weighted by Gasteiger charge is 2.22. The number of amides is 1. The van der Waals surface area contributed by atoms with Gasteiger partial charge in [-0.25, -0.2) is 0 Å². The molecular weight excluding hydrogens is 206 g/mol. The second-order valence-electron chi connectivity index (χ2n) is 4.74. The SMILES string of the molecule is N[C@@H]1CCN(CC(=O)NC2CCOCC2)C1. The molecule has 0 aromatic carbocycles. The van der Waals surface area contributed by atoms with Gasteiger partial charge in [0.25, 0.3) is 0 Å². The Kier molecular flexibility index (Phi) is 4.15. The van der Waals surface area contributed by atoms with E-state index in [1.807, 2.05) is 0 Å². The molecule has 2 rings (SSSR count). The molecule has 2 saturated heterocycles. The summed E-state index contributed by atoms with van der Waals surface area (Å²) in [7, 11) is 0. The molecule has 5 nitrogen and oxygen atoms in total. The summed E-state index contributed by atoms with van der Waals surface area (Å²) in [5.41, 5.74) is 5.80. The normalized spacial score (nSPS) is 28.2. The van der Waals surface area contributed by atoms with Crippen LogP contribution in [0.3, 0.4) is 0 Å². The van der Waals surface area contributed by atoms with Crippen LogP contribution in [0.2, 0.25) is 0 Å². The van der Waals surface area contributed by atoms with E-state index in [1.165, 1.54) is 0 Å². The molecule has 0 aliphatic carbocycles. The quantitative estimate of drug-likeness (QED) is 0.670. The number of nitrogens with two attached hydrogens (primary N) is 1. The molecule has 0 aromatic heterocycles. The molecule has 2 fully saturated rings. The van der Waals surface area contributed by atoms with Crippen molar-refractivity contribution < 1.29 is 9.53 Å². The van der Waals surface area contributed by atoms with Crippen LogP contribution in [0, 0.1) is 0 Å². The molecule has 0 spiro atoms. The maximum absolute atomic E-state index is 11.7. The average molecular weight is 227 g/mol. The Morgan fingerprint density at radius 1 is 1.38 bits per heavy atom. The number of nitrogens with zero attached hydrogens (tertiary/aromatic N) is 1. The molecule has 2 aliphatic heterocycles. The van der Waals surface area contributed by atoms with E-state index in [-0.39, 0.29) is 11.9 Å². The van der Waals surface area contributed by atoms with Crippen LogP contribution < -0.4 is 11.1 Å². The fraction of sp³-hybridized carbons (Fsp3) is 0.909.